The van der Waals surface area contributed by atoms with E-state index < -0.39 is 0 Å². The Morgan fingerprint density at radius 3 is 2.43 bits per heavy atom. The third-order valence-electron chi connectivity index (χ3n) is 5.08. The number of halogens is 1. The van der Waals surface area contributed by atoms with E-state index in [0.717, 1.165) is 38.0 Å². The van der Waals surface area contributed by atoms with Crippen molar-refractivity contribution in [3.8, 4) is 0 Å². The maximum Gasteiger partial charge on any atom is 0.191 e. The van der Waals surface area contributed by atoms with Crippen molar-refractivity contribution < 1.29 is 4.74 Å². The number of hydrogen-bond acceptors (Lipinski definition) is 3. The second-order valence-electron chi connectivity index (χ2n) is 6.90. The smallest absolute Gasteiger partial charge is 0.191 e. The van der Waals surface area contributed by atoms with E-state index in [1.807, 2.05) is 7.05 Å². The number of nitrogens with one attached hydrogen (secondary N) is 2. The highest BCUT2D eigenvalue weighted by Crippen LogP contribution is 2.28. The Balaban J connectivity index is 0.00000264. The van der Waals surface area contributed by atoms with E-state index in [9.17, 15) is 0 Å². The predicted molar refractivity (Wildman–Crippen MR) is 108 cm³/mol. The normalized spacial score (nSPS) is 24.3. The molecule has 0 aromatic heterocycles. The van der Waals surface area contributed by atoms with Gasteiger partial charge in [-0.1, -0.05) is 19.3 Å². The standard InChI is InChI=1S/C17H34N4O.HI/c1-18-17(19-12-15-10-7-11-22-15)20-13-16(21(2)3)14-8-5-4-6-9-14;/h14-16H,4-13H2,1-3H3,(H2,18,19,20);1H. The second kappa shape index (κ2) is 11.5. The van der Waals surface area contributed by atoms with Gasteiger partial charge in [0, 0.05) is 32.8 Å². The molecular weight excluding hydrogens is 403 g/mol. The minimum atomic E-state index is 0. The molecule has 1 heterocycles. The van der Waals surface area contributed by atoms with Crippen LogP contribution in [0, 0.1) is 5.92 Å². The van der Waals surface area contributed by atoms with Gasteiger partial charge in [-0.3, -0.25) is 4.99 Å². The number of nitrogens with zero attached hydrogens (tertiary/aromatic N) is 2. The minimum Gasteiger partial charge on any atom is -0.376 e. The molecule has 2 rings (SSSR count). The Kier molecular flexibility index (Phi) is 10.5. The molecule has 6 heteroatoms. The molecule has 1 saturated heterocycles. The van der Waals surface area contributed by atoms with Gasteiger partial charge >= 0.3 is 0 Å². The lowest BCUT2D eigenvalue weighted by Gasteiger charge is -2.35. The molecule has 1 aliphatic carbocycles. The van der Waals surface area contributed by atoms with Crippen molar-refractivity contribution in [2.45, 2.75) is 57.1 Å². The topological polar surface area (TPSA) is 48.9 Å². The van der Waals surface area contributed by atoms with Crippen LogP contribution >= 0.6 is 24.0 Å². The minimum absolute atomic E-state index is 0. The molecule has 1 saturated carbocycles. The Morgan fingerprint density at radius 2 is 1.87 bits per heavy atom. The monoisotopic (exact) mass is 438 g/mol. The first-order chi connectivity index (χ1) is 10.7. The molecule has 0 aromatic carbocycles. The van der Waals surface area contributed by atoms with E-state index in [1.165, 1.54) is 38.5 Å². The summed E-state index contributed by atoms with van der Waals surface area (Å²) < 4.78 is 5.65. The zero-order valence-corrected chi connectivity index (χ0v) is 17.3. The highest BCUT2D eigenvalue weighted by Gasteiger charge is 2.25. The van der Waals surface area contributed by atoms with Gasteiger partial charge in [0.15, 0.2) is 5.96 Å². The molecule has 0 aromatic rings. The van der Waals surface area contributed by atoms with Crippen molar-refractivity contribution in [2.75, 3.05) is 40.8 Å². The fourth-order valence-electron chi connectivity index (χ4n) is 3.73. The quantitative estimate of drug-likeness (QED) is 0.380. The van der Waals surface area contributed by atoms with E-state index in [-0.39, 0.29) is 24.0 Å². The molecule has 136 valence electrons. The van der Waals surface area contributed by atoms with Crippen LogP contribution in [0.4, 0.5) is 0 Å². The number of likely N-dealkylation sites (N-methyl/N-ethyl adjacent to an activating group) is 1. The number of guanidine groups is 1. The molecule has 0 radical (unpaired) electrons. The molecule has 0 amide bonds. The summed E-state index contributed by atoms with van der Waals surface area (Å²) in [6.45, 7) is 2.72. The Morgan fingerprint density at radius 1 is 1.13 bits per heavy atom. The Hall–Kier alpha value is -0.0800. The average Bonchev–Trinajstić information content (AvgIpc) is 3.04. The van der Waals surface area contributed by atoms with Crippen LogP contribution in [0.1, 0.15) is 44.9 Å². The largest absolute Gasteiger partial charge is 0.376 e. The maximum absolute atomic E-state index is 5.65. The summed E-state index contributed by atoms with van der Waals surface area (Å²) in [5.74, 6) is 1.71. The van der Waals surface area contributed by atoms with Crippen molar-refractivity contribution in [3.63, 3.8) is 0 Å². The van der Waals surface area contributed by atoms with Gasteiger partial charge in [-0.25, -0.2) is 0 Å². The Labute approximate surface area is 159 Å². The number of aliphatic imine (C=N–C) groups is 1. The number of hydrogen-bond donors (Lipinski definition) is 2. The third kappa shape index (κ3) is 7.13. The third-order valence-corrected chi connectivity index (χ3v) is 5.08. The molecule has 2 fully saturated rings. The van der Waals surface area contributed by atoms with E-state index in [1.54, 1.807) is 0 Å². The molecule has 2 aliphatic rings. The number of ether oxygens (including phenoxy) is 1. The van der Waals surface area contributed by atoms with E-state index in [0.29, 0.717) is 12.1 Å². The van der Waals surface area contributed by atoms with Crippen LogP contribution in [-0.2, 0) is 4.74 Å². The van der Waals surface area contributed by atoms with E-state index in [2.05, 4.69) is 34.6 Å². The van der Waals surface area contributed by atoms with Crippen molar-refractivity contribution in [1.82, 2.24) is 15.5 Å². The molecule has 2 atom stereocenters. The lowest BCUT2D eigenvalue weighted by Crippen LogP contribution is -2.49. The summed E-state index contributed by atoms with van der Waals surface area (Å²) in [4.78, 5) is 6.72. The summed E-state index contributed by atoms with van der Waals surface area (Å²) >= 11 is 0. The maximum atomic E-state index is 5.65. The first-order valence-corrected chi connectivity index (χ1v) is 8.93. The van der Waals surface area contributed by atoms with E-state index in [4.69, 9.17) is 4.74 Å². The fourth-order valence-corrected chi connectivity index (χ4v) is 3.73. The van der Waals surface area contributed by atoms with Crippen molar-refractivity contribution in [2.24, 2.45) is 10.9 Å². The van der Waals surface area contributed by atoms with Gasteiger partial charge in [-0.15, -0.1) is 24.0 Å². The van der Waals surface area contributed by atoms with E-state index >= 15 is 0 Å². The van der Waals surface area contributed by atoms with Crippen LogP contribution in [-0.4, -0.2) is 63.8 Å². The molecule has 5 nitrogen and oxygen atoms in total. The molecule has 2 N–H and O–H groups in total. The van der Waals surface area contributed by atoms with Gasteiger partial charge in [0.05, 0.1) is 6.10 Å². The number of rotatable bonds is 6. The SMILES string of the molecule is CN=C(NCC1CCCO1)NCC(C1CCCCC1)N(C)C.I. The zero-order chi connectivity index (χ0) is 15.8. The predicted octanol–water partition coefficient (Wildman–Crippen LogP) is 2.46. The van der Waals surface area contributed by atoms with Crippen LogP contribution in [0.25, 0.3) is 0 Å². The lowest BCUT2D eigenvalue weighted by atomic mass is 9.83. The van der Waals surface area contributed by atoms with Gasteiger partial charge in [-0.05, 0) is 45.7 Å². The fraction of sp³-hybridized carbons (Fsp3) is 0.941. The van der Waals surface area contributed by atoms with Crippen molar-refractivity contribution >= 4 is 29.9 Å². The first kappa shape index (κ1) is 21.0. The lowest BCUT2D eigenvalue weighted by molar-refractivity contribution is 0.113. The zero-order valence-electron chi connectivity index (χ0n) is 15.0. The summed E-state index contributed by atoms with van der Waals surface area (Å²) in [6.07, 6.45) is 9.62. The highest BCUT2D eigenvalue weighted by molar-refractivity contribution is 14.0. The summed E-state index contributed by atoms with van der Waals surface area (Å²) in [7, 11) is 6.24. The van der Waals surface area contributed by atoms with Crippen LogP contribution in [0.3, 0.4) is 0 Å². The first-order valence-electron chi connectivity index (χ1n) is 8.93. The average molecular weight is 438 g/mol. The highest BCUT2D eigenvalue weighted by atomic mass is 127. The molecule has 0 bridgehead atoms. The van der Waals surface area contributed by atoms with Gasteiger partial charge in [0.25, 0.3) is 0 Å². The van der Waals surface area contributed by atoms with Crippen LogP contribution in [0.2, 0.25) is 0 Å². The van der Waals surface area contributed by atoms with Crippen LogP contribution < -0.4 is 10.6 Å². The van der Waals surface area contributed by atoms with Gasteiger partial charge in [0.2, 0.25) is 0 Å². The summed E-state index contributed by atoms with van der Waals surface area (Å²) in [6, 6.07) is 0.585. The second-order valence-corrected chi connectivity index (χ2v) is 6.90. The molecular formula is C17H35IN4O. The Bertz CT molecular complexity index is 339. The van der Waals surface area contributed by atoms with Crippen LogP contribution in [0.5, 0.6) is 0 Å². The van der Waals surface area contributed by atoms with Crippen molar-refractivity contribution in [3.05, 3.63) is 0 Å². The molecule has 23 heavy (non-hydrogen) atoms. The summed E-state index contributed by atoms with van der Waals surface area (Å²) in [5.41, 5.74) is 0. The van der Waals surface area contributed by atoms with Crippen molar-refractivity contribution in [1.29, 1.82) is 0 Å². The molecule has 0 spiro atoms. The summed E-state index contributed by atoms with van der Waals surface area (Å²) in [5, 5.41) is 6.92. The van der Waals surface area contributed by atoms with Crippen LogP contribution in [0.15, 0.2) is 4.99 Å². The molecule has 2 unspecified atom stereocenters. The molecule has 1 aliphatic heterocycles. The van der Waals surface area contributed by atoms with Gasteiger partial charge in [0.1, 0.15) is 0 Å². The van der Waals surface area contributed by atoms with Gasteiger partial charge in [-0.2, -0.15) is 0 Å². The van der Waals surface area contributed by atoms with Gasteiger partial charge < -0.3 is 20.3 Å².